The van der Waals surface area contributed by atoms with Gasteiger partial charge in [-0.3, -0.25) is 9.78 Å². The Balaban J connectivity index is 2.70. The van der Waals surface area contributed by atoms with Crippen molar-refractivity contribution in [3.05, 3.63) is 29.6 Å². The molecule has 0 saturated carbocycles. The molecule has 19 heavy (non-hydrogen) atoms. The highest BCUT2D eigenvalue weighted by molar-refractivity contribution is 5.96. The molecule has 1 unspecified atom stereocenters. The van der Waals surface area contributed by atoms with Gasteiger partial charge in [0.15, 0.2) is 5.84 Å². The number of nitrogens with zero attached hydrogens (tertiary/aromatic N) is 2. The molecule has 0 bridgehead atoms. The molecule has 0 aromatic carbocycles. The van der Waals surface area contributed by atoms with E-state index in [1.165, 1.54) is 0 Å². The fourth-order valence-corrected chi connectivity index (χ4v) is 1.54. The summed E-state index contributed by atoms with van der Waals surface area (Å²) in [7, 11) is 0. The summed E-state index contributed by atoms with van der Waals surface area (Å²) in [6, 6.07) is 3.22. The normalized spacial score (nSPS) is 13.1. The number of nitrogens with two attached hydrogens (primary N) is 1. The average Bonchev–Trinajstić information content (AvgIpc) is 2.44. The summed E-state index contributed by atoms with van der Waals surface area (Å²) in [6.07, 6.45) is 1.56. The van der Waals surface area contributed by atoms with Gasteiger partial charge in [-0.2, -0.15) is 0 Å². The Hall–Kier alpha value is -2.15. The second-order valence-corrected chi connectivity index (χ2v) is 3.99. The van der Waals surface area contributed by atoms with Crippen LogP contribution in [0.1, 0.15) is 25.1 Å². The lowest BCUT2D eigenvalue weighted by molar-refractivity contribution is -0.122. The third-order valence-corrected chi connectivity index (χ3v) is 2.58. The molecule has 1 atom stereocenters. The lowest BCUT2D eigenvalue weighted by Gasteiger charge is -2.14. The number of oxime groups is 1. The van der Waals surface area contributed by atoms with Crippen LogP contribution in [-0.4, -0.2) is 34.5 Å². The molecular weight excluding hydrogens is 246 g/mol. The number of hydrogen-bond acceptors (Lipinski definition) is 5. The predicted octanol–water partition coefficient (Wildman–Crippen LogP) is -0.210. The van der Waals surface area contributed by atoms with Gasteiger partial charge in [-0.15, -0.1) is 0 Å². The highest BCUT2D eigenvalue weighted by Crippen LogP contribution is 2.05. The number of aromatic nitrogens is 1. The molecule has 0 saturated heterocycles. The minimum Gasteiger partial charge on any atom is -0.409 e. The SMILES string of the molecule is CCNC(=O)C(C)NCc1cccnc1C(N)=NO. The molecule has 7 heteroatoms. The maximum Gasteiger partial charge on any atom is 0.236 e. The van der Waals surface area contributed by atoms with Gasteiger partial charge in [0.1, 0.15) is 5.69 Å². The number of amidine groups is 1. The smallest absolute Gasteiger partial charge is 0.236 e. The number of nitrogens with one attached hydrogen (secondary N) is 2. The number of pyridine rings is 1. The van der Waals surface area contributed by atoms with Crippen LogP contribution in [0.5, 0.6) is 0 Å². The molecule has 5 N–H and O–H groups in total. The Morgan fingerprint density at radius 3 is 3.00 bits per heavy atom. The first kappa shape index (κ1) is 14.9. The first-order valence-electron chi connectivity index (χ1n) is 6.03. The number of likely N-dealkylation sites (N-methyl/N-ethyl adjacent to an activating group) is 1. The first-order valence-corrected chi connectivity index (χ1v) is 6.03. The second-order valence-electron chi connectivity index (χ2n) is 3.99. The lowest BCUT2D eigenvalue weighted by atomic mass is 10.1. The maximum absolute atomic E-state index is 11.6. The van der Waals surface area contributed by atoms with E-state index < -0.39 is 0 Å². The van der Waals surface area contributed by atoms with Crippen molar-refractivity contribution >= 4 is 11.7 Å². The second kappa shape index (κ2) is 7.32. The summed E-state index contributed by atoms with van der Waals surface area (Å²) >= 11 is 0. The van der Waals surface area contributed by atoms with Crippen LogP contribution in [0, 0.1) is 0 Å². The van der Waals surface area contributed by atoms with E-state index in [0.717, 1.165) is 5.56 Å². The van der Waals surface area contributed by atoms with Gasteiger partial charge in [-0.25, -0.2) is 0 Å². The van der Waals surface area contributed by atoms with Gasteiger partial charge in [-0.1, -0.05) is 11.2 Å². The van der Waals surface area contributed by atoms with E-state index in [-0.39, 0.29) is 17.8 Å². The molecule has 1 aromatic rings. The van der Waals surface area contributed by atoms with Gasteiger partial charge in [0.2, 0.25) is 5.91 Å². The molecule has 104 valence electrons. The number of amides is 1. The van der Waals surface area contributed by atoms with Gasteiger partial charge in [0.05, 0.1) is 6.04 Å². The maximum atomic E-state index is 11.6. The van der Waals surface area contributed by atoms with Crippen LogP contribution >= 0.6 is 0 Å². The molecule has 0 aliphatic heterocycles. The fraction of sp³-hybridized carbons (Fsp3) is 0.417. The highest BCUT2D eigenvalue weighted by Gasteiger charge is 2.13. The van der Waals surface area contributed by atoms with Crippen molar-refractivity contribution in [1.29, 1.82) is 0 Å². The highest BCUT2D eigenvalue weighted by atomic mass is 16.4. The summed E-state index contributed by atoms with van der Waals surface area (Å²) < 4.78 is 0. The van der Waals surface area contributed by atoms with Gasteiger partial charge in [0, 0.05) is 19.3 Å². The van der Waals surface area contributed by atoms with Crippen LogP contribution in [0.25, 0.3) is 0 Å². The van der Waals surface area contributed by atoms with Crippen LogP contribution in [-0.2, 0) is 11.3 Å². The minimum atomic E-state index is -0.333. The number of carbonyl (C=O) groups excluding carboxylic acids is 1. The molecule has 1 aromatic heterocycles. The zero-order valence-corrected chi connectivity index (χ0v) is 11.1. The largest absolute Gasteiger partial charge is 0.409 e. The summed E-state index contributed by atoms with van der Waals surface area (Å²) in [6.45, 7) is 4.62. The van der Waals surface area contributed by atoms with E-state index in [9.17, 15) is 4.79 Å². The molecule has 1 rings (SSSR count). The van der Waals surface area contributed by atoms with E-state index in [1.54, 1.807) is 25.3 Å². The molecule has 0 aliphatic carbocycles. The molecule has 0 radical (unpaired) electrons. The topological polar surface area (TPSA) is 113 Å². The summed E-state index contributed by atoms with van der Waals surface area (Å²) in [4.78, 5) is 15.6. The van der Waals surface area contributed by atoms with Gasteiger partial charge < -0.3 is 21.6 Å². The standard InChI is InChI=1S/C12H19N5O2/c1-3-14-12(18)8(2)16-7-9-5-4-6-15-10(9)11(13)17-19/h4-6,8,16,19H,3,7H2,1-2H3,(H2,13,17)(H,14,18). The number of hydrogen-bond donors (Lipinski definition) is 4. The molecule has 7 nitrogen and oxygen atoms in total. The van der Waals surface area contributed by atoms with E-state index in [4.69, 9.17) is 10.9 Å². The van der Waals surface area contributed by atoms with Crippen molar-refractivity contribution < 1.29 is 10.0 Å². The lowest BCUT2D eigenvalue weighted by Crippen LogP contribution is -2.42. The summed E-state index contributed by atoms with van der Waals surface area (Å²) in [5.41, 5.74) is 6.70. The monoisotopic (exact) mass is 265 g/mol. The van der Waals surface area contributed by atoms with Crippen molar-refractivity contribution in [2.75, 3.05) is 6.54 Å². The van der Waals surface area contributed by atoms with Gasteiger partial charge in [-0.05, 0) is 25.5 Å². The van der Waals surface area contributed by atoms with Crippen molar-refractivity contribution in [3.8, 4) is 0 Å². The Bertz CT molecular complexity index is 461. The Kier molecular flexibility index (Phi) is 5.74. The number of rotatable bonds is 6. The van der Waals surface area contributed by atoms with E-state index >= 15 is 0 Å². The molecule has 1 heterocycles. The van der Waals surface area contributed by atoms with E-state index in [2.05, 4.69) is 20.8 Å². The van der Waals surface area contributed by atoms with Crippen LogP contribution in [0.2, 0.25) is 0 Å². The van der Waals surface area contributed by atoms with E-state index in [0.29, 0.717) is 18.8 Å². The third-order valence-electron chi connectivity index (χ3n) is 2.58. The molecule has 0 aliphatic rings. The van der Waals surface area contributed by atoms with Crippen molar-refractivity contribution in [2.24, 2.45) is 10.9 Å². The molecular formula is C12H19N5O2. The van der Waals surface area contributed by atoms with Crippen LogP contribution < -0.4 is 16.4 Å². The van der Waals surface area contributed by atoms with Crippen LogP contribution in [0.4, 0.5) is 0 Å². The zero-order chi connectivity index (χ0) is 14.3. The summed E-state index contributed by atoms with van der Waals surface area (Å²) in [5, 5.41) is 17.4. The summed E-state index contributed by atoms with van der Waals surface area (Å²) in [5.74, 6) is -0.125. The first-order chi connectivity index (χ1) is 9.10. The van der Waals surface area contributed by atoms with Crippen LogP contribution in [0.3, 0.4) is 0 Å². The van der Waals surface area contributed by atoms with Crippen molar-refractivity contribution in [1.82, 2.24) is 15.6 Å². The molecule has 1 amide bonds. The quantitative estimate of drug-likeness (QED) is 0.246. The van der Waals surface area contributed by atoms with Crippen molar-refractivity contribution in [2.45, 2.75) is 26.4 Å². The third kappa shape index (κ3) is 4.22. The fourth-order valence-electron chi connectivity index (χ4n) is 1.54. The Morgan fingerprint density at radius 1 is 1.63 bits per heavy atom. The minimum absolute atomic E-state index is 0.0527. The molecule has 0 fully saturated rings. The number of carbonyl (C=O) groups is 1. The van der Waals surface area contributed by atoms with Gasteiger partial charge >= 0.3 is 0 Å². The Labute approximate surface area is 111 Å². The van der Waals surface area contributed by atoms with E-state index in [1.807, 2.05) is 6.92 Å². The average molecular weight is 265 g/mol. The zero-order valence-electron chi connectivity index (χ0n) is 11.1. The van der Waals surface area contributed by atoms with Gasteiger partial charge in [0.25, 0.3) is 0 Å². The Morgan fingerprint density at radius 2 is 2.37 bits per heavy atom. The molecule has 0 spiro atoms. The van der Waals surface area contributed by atoms with Crippen LogP contribution in [0.15, 0.2) is 23.5 Å². The predicted molar refractivity (Wildman–Crippen MR) is 71.7 cm³/mol. The van der Waals surface area contributed by atoms with Crippen molar-refractivity contribution in [3.63, 3.8) is 0 Å².